The highest BCUT2D eigenvalue weighted by atomic mass is 32.1. The predicted octanol–water partition coefficient (Wildman–Crippen LogP) is 2.55. The van der Waals surface area contributed by atoms with E-state index in [0.29, 0.717) is 5.25 Å². The quantitative estimate of drug-likeness (QED) is 0.503. The lowest BCUT2D eigenvalue weighted by Crippen LogP contribution is -2.26. The van der Waals surface area contributed by atoms with Gasteiger partial charge in [-0.2, -0.15) is 25.3 Å². The molecule has 0 spiro atoms. The summed E-state index contributed by atoms with van der Waals surface area (Å²) in [5.74, 6) is 0. The molecule has 0 saturated heterocycles. The zero-order valence-electron chi connectivity index (χ0n) is 5.80. The van der Waals surface area contributed by atoms with Gasteiger partial charge in [0, 0.05) is 10.00 Å². The van der Waals surface area contributed by atoms with Crippen molar-refractivity contribution in [2.45, 2.75) is 42.6 Å². The molecule has 0 bridgehead atoms. The molecule has 54 valence electrons. The van der Waals surface area contributed by atoms with E-state index in [-0.39, 0.29) is 4.75 Å². The highest BCUT2D eigenvalue weighted by molar-refractivity contribution is 7.82. The van der Waals surface area contributed by atoms with Gasteiger partial charge in [-0.3, -0.25) is 0 Å². The molecule has 0 aromatic heterocycles. The molecule has 9 heavy (non-hydrogen) atoms. The Morgan fingerprint density at radius 3 is 2.56 bits per heavy atom. The monoisotopic (exact) mass is 162 g/mol. The fraction of sp³-hybridized carbons (Fsp3) is 1.00. The first-order valence-electron chi connectivity index (χ1n) is 3.51. The van der Waals surface area contributed by atoms with Gasteiger partial charge in [0.25, 0.3) is 0 Å². The van der Waals surface area contributed by atoms with Crippen LogP contribution in [0.25, 0.3) is 0 Å². The summed E-state index contributed by atoms with van der Waals surface area (Å²) >= 11 is 8.95. The fourth-order valence-corrected chi connectivity index (χ4v) is 2.54. The number of thiol groups is 2. The van der Waals surface area contributed by atoms with Crippen molar-refractivity contribution in [2.24, 2.45) is 0 Å². The molecular formula is C7H14S2. The highest BCUT2D eigenvalue weighted by Gasteiger charge is 2.26. The molecule has 0 aromatic rings. The van der Waals surface area contributed by atoms with Crippen LogP contribution >= 0.6 is 25.3 Å². The Morgan fingerprint density at radius 2 is 2.22 bits per heavy atom. The Hall–Kier alpha value is 0.700. The summed E-state index contributed by atoms with van der Waals surface area (Å²) in [5, 5.41) is 0.598. The fourth-order valence-electron chi connectivity index (χ4n) is 1.43. The third-order valence-electron chi connectivity index (χ3n) is 1.93. The maximum Gasteiger partial charge on any atom is 0.0112 e. The minimum atomic E-state index is 0.269. The van der Waals surface area contributed by atoms with Gasteiger partial charge >= 0.3 is 0 Å². The van der Waals surface area contributed by atoms with E-state index in [1.54, 1.807) is 0 Å². The average molecular weight is 162 g/mol. The van der Waals surface area contributed by atoms with E-state index in [2.05, 4.69) is 32.2 Å². The number of hydrogen-bond donors (Lipinski definition) is 2. The molecule has 0 N–H and O–H groups in total. The minimum absolute atomic E-state index is 0.269. The maximum absolute atomic E-state index is 4.53. The van der Waals surface area contributed by atoms with Crippen LogP contribution in [0, 0.1) is 0 Å². The first kappa shape index (κ1) is 7.80. The van der Waals surface area contributed by atoms with Gasteiger partial charge in [-0.1, -0.05) is 13.3 Å². The van der Waals surface area contributed by atoms with E-state index in [1.165, 1.54) is 25.7 Å². The van der Waals surface area contributed by atoms with Crippen LogP contribution in [0.2, 0.25) is 0 Å². The minimum Gasteiger partial charge on any atom is -0.176 e. The third kappa shape index (κ3) is 2.42. The molecule has 0 nitrogen and oxygen atoms in total. The summed E-state index contributed by atoms with van der Waals surface area (Å²) in [7, 11) is 0. The maximum atomic E-state index is 4.53. The molecule has 0 amide bonds. The van der Waals surface area contributed by atoms with Crippen molar-refractivity contribution in [3.63, 3.8) is 0 Å². The van der Waals surface area contributed by atoms with Crippen LogP contribution in [0.15, 0.2) is 0 Å². The second-order valence-corrected chi connectivity index (χ2v) is 5.06. The van der Waals surface area contributed by atoms with Crippen LogP contribution in [0.3, 0.4) is 0 Å². The third-order valence-corrected chi connectivity index (χ3v) is 2.78. The first-order chi connectivity index (χ1) is 4.10. The summed E-state index contributed by atoms with van der Waals surface area (Å²) in [4.78, 5) is 0. The second kappa shape index (κ2) is 2.75. The van der Waals surface area contributed by atoms with Gasteiger partial charge in [0.1, 0.15) is 0 Å². The van der Waals surface area contributed by atoms with Gasteiger partial charge in [0.15, 0.2) is 0 Å². The number of rotatable bonds is 0. The van der Waals surface area contributed by atoms with Crippen molar-refractivity contribution in [1.82, 2.24) is 0 Å². The van der Waals surface area contributed by atoms with E-state index in [1.807, 2.05) is 0 Å². The van der Waals surface area contributed by atoms with E-state index in [9.17, 15) is 0 Å². The van der Waals surface area contributed by atoms with Crippen LogP contribution in [0.5, 0.6) is 0 Å². The van der Waals surface area contributed by atoms with Gasteiger partial charge in [-0.05, 0) is 19.3 Å². The second-order valence-electron chi connectivity index (χ2n) is 3.25. The Bertz CT molecular complexity index is 99.1. The molecule has 0 aromatic carbocycles. The van der Waals surface area contributed by atoms with Crippen molar-refractivity contribution in [1.29, 1.82) is 0 Å². The lowest BCUT2D eigenvalue weighted by molar-refractivity contribution is 0.436. The van der Waals surface area contributed by atoms with E-state index in [4.69, 9.17) is 0 Å². The summed E-state index contributed by atoms with van der Waals surface area (Å²) in [5.41, 5.74) is 0. The summed E-state index contributed by atoms with van der Waals surface area (Å²) in [6, 6.07) is 0. The van der Waals surface area contributed by atoms with E-state index >= 15 is 0 Å². The Balaban J connectivity index is 2.41. The average Bonchev–Trinajstić information content (AvgIpc) is 1.60. The van der Waals surface area contributed by atoms with Crippen molar-refractivity contribution in [2.75, 3.05) is 0 Å². The standard InChI is InChI=1S/C7H14S2/c1-7(9)4-2-3-6(8)5-7/h6,8-9H,2-5H2,1H3. The van der Waals surface area contributed by atoms with Gasteiger partial charge in [0.05, 0.1) is 0 Å². The first-order valence-corrected chi connectivity index (χ1v) is 4.47. The zero-order chi connectivity index (χ0) is 6.91. The predicted molar refractivity (Wildman–Crippen MR) is 48.6 cm³/mol. The number of hydrogen-bond acceptors (Lipinski definition) is 2. The molecule has 2 unspecified atom stereocenters. The molecule has 2 heteroatoms. The lowest BCUT2D eigenvalue weighted by atomic mass is 9.89. The van der Waals surface area contributed by atoms with Gasteiger partial charge < -0.3 is 0 Å². The van der Waals surface area contributed by atoms with Crippen LogP contribution in [0.4, 0.5) is 0 Å². The molecule has 1 aliphatic carbocycles. The summed E-state index contributed by atoms with van der Waals surface area (Å²) in [6.45, 7) is 2.21. The van der Waals surface area contributed by atoms with Crippen molar-refractivity contribution in [3.05, 3.63) is 0 Å². The van der Waals surface area contributed by atoms with E-state index < -0.39 is 0 Å². The Labute approximate surface area is 68.2 Å². The van der Waals surface area contributed by atoms with Crippen molar-refractivity contribution < 1.29 is 0 Å². The van der Waals surface area contributed by atoms with Gasteiger partial charge in [0.2, 0.25) is 0 Å². The summed E-state index contributed by atoms with van der Waals surface area (Å²) in [6.07, 6.45) is 5.00. The normalized spacial score (nSPS) is 45.0. The molecule has 1 saturated carbocycles. The molecule has 0 heterocycles. The molecule has 0 aliphatic heterocycles. The Kier molecular flexibility index (Phi) is 2.38. The largest absolute Gasteiger partial charge is 0.176 e. The molecule has 2 atom stereocenters. The smallest absolute Gasteiger partial charge is 0.0112 e. The van der Waals surface area contributed by atoms with Crippen molar-refractivity contribution >= 4 is 25.3 Å². The van der Waals surface area contributed by atoms with Gasteiger partial charge in [-0.25, -0.2) is 0 Å². The van der Waals surface area contributed by atoms with Crippen LogP contribution in [0.1, 0.15) is 32.6 Å². The zero-order valence-corrected chi connectivity index (χ0v) is 7.59. The SMILES string of the molecule is CC1(S)CCCC(S)C1. The molecular weight excluding hydrogens is 148 g/mol. The highest BCUT2D eigenvalue weighted by Crippen LogP contribution is 2.35. The van der Waals surface area contributed by atoms with Crippen LogP contribution in [-0.4, -0.2) is 10.00 Å². The topological polar surface area (TPSA) is 0 Å². The van der Waals surface area contributed by atoms with Gasteiger partial charge in [-0.15, -0.1) is 0 Å². The molecule has 1 fully saturated rings. The molecule has 1 rings (SSSR count). The Morgan fingerprint density at radius 1 is 1.56 bits per heavy atom. The van der Waals surface area contributed by atoms with Crippen molar-refractivity contribution in [3.8, 4) is 0 Å². The molecule has 1 aliphatic rings. The van der Waals surface area contributed by atoms with Crippen LogP contribution < -0.4 is 0 Å². The molecule has 0 radical (unpaired) electrons. The summed E-state index contributed by atoms with van der Waals surface area (Å²) < 4.78 is 0.269. The van der Waals surface area contributed by atoms with E-state index in [0.717, 1.165) is 0 Å². The lowest BCUT2D eigenvalue weighted by Gasteiger charge is -2.31. The van der Waals surface area contributed by atoms with Crippen LogP contribution in [-0.2, 0) is 0 Å².